The summed E-state index contributed by atoms with van der Waals surface area (Å²) in [5, 5.41) is 16.5. The van der Waals surface area contributed by atoms with E-state index < -0.39 is 0 Å². The van der Waals surface area contributed by atoms with E-state index in [1.54, 1.807) is 6.07 Å². The molecule has 0 unspecified atom stereocenters. The first kappa shape index (κ1) is 13.8. The second-order valence-electron chi connectivity index (χ2n) is 5.15. The summed E-state index contributed by atoms with van der Waals surface area (Å²) in [6.07, 6.45) is 0.372. The van der Waals surface area contributed by atoms with Gasteiger partial charge in [-0.1, -0.05) is 29.8 Å². The fraction of sp³-hybridized carbons (Fsp3) is 0.188. The van der Waals surface area contributed by atoms with Crippen LogP contribution in [0.5, 0.6) is 5.75 Å². The number of phenolic OH excluding ortho intramolecular Hbond substituents is 1. The van der Waals surface area contributed by atoms with Crippen LogP contribution >= 0.6 is 11.6 Å². The molecule has 21 heavy (non-hydrogen) atoms. The van der Waals surface area contributed by atoms with Gasteiger partial charge in [-0.15, -0.1) is 0 Å². The van der Waals surface area contributed by atoms with Crippen LogP contribution in [0.25, 0.3) is 0 Å². The highest BCUT2D eigenvalue weighted by Crippen LogP contribution is 2.33. The molecule has 0 aliphatic carbocycles. The summed E-state index contributed by atoms with van der Waals surface area (Å²) in [5.74, 6) is 0.272. The van der Waals surface area contributed by atoms with E-state index in [1.165, 1.54) is 0 Å². The number of carbonyl (C=O) groups is 1. The summed E-state index contributed by atoms with van der Waals surface area (Å²) in [5.41, 5.74) is 4.10. The summed E-state index contributed by atoms with van der Waals surface area (Å²) < 4.78 is 0. The maximum absolute atomic E-state index is 11.4. The number of aryl methyl sites for hydroxylation is 1. The molecule has 0 aromatic heterocycles. The van der Waals surface area contributed by atoms with Crippen molar-refractivity contribution in [2.24, 2.45) is 0 Å². The van der Waals surface area contributed by atoms with Crippen molar-refractivity contribution in [1.82, 2.24) is 0 Å². The summed E-state index contributed by atoms with van der Waals surface area (Å²) >= 11 is 6.22. The average molecular weight is 303 g/mol. The third-order valence-corrected chi connectivity index (χ3v) is 3.92. The summed E-state index contributed by atoms with van der Waals surface area (Å²) in [4.78, 5) is 11.4. The Morgan fingerprint density at radius 1 is 1.38 bits per heavy atom. The number of carbonyl (C=O) groups excluding carboxylic acids is 1. The first-order chi connectivity index (χ1) is 10.0. The lowest BCUT2D eigenvalue weighted by Gasteiger charge is -2.12. The molecule has 0 fully saturated rings. The van der Waals surface area contributed by atoms with Gasteiger partial charge in [-0.05, 0) is 30.2 Å². The highest BCUT2D eigenvalue weighted by Gasteiger charge is 2.19. The number of halogens is 1. The van der Waals surface area contributed by atoms with Gasteiger partial charge in [0.2, 0.25) is 5.91 Å². The van der Waals surface area contributed by atoms with Crippen LogP contribution in [0.2, 0.25) is 5.02 Å². The fourth-order valence-electron chi connectivity index (χ4n) is 2.44. The fourth-order valence-corrected chi connectivity index (χ4v) is 2.67. The predicted molar refractivity (Wildman–Crippen MR) is 84.0 cm³/mol. The Kier molecular flexibility index (Phi) is 3.47. The van der Waals surface area contributed by atoms with Gasteiger partial charge in [0.15, 0.2) is 0 Å². The van der Waals surface area contributed by atoms with Crippen LogP contribution in [-0.2, 0) is 17.8 Å². The molecule has 2 aromatic rings. The molecule has 0 radical (unpaired) electrons. The van der Waals surface area contributed by atoms with Crippen LogP contribution in [0, 0.1) is 6.92 Å². The molecule has 1 aliphatic rings. The van der Waals surface area contributed by atoms with Crippen molar-refractivity contribution in [1.29, 1.82) is 0 Å². The van der Waals surface area contributed by atoms with E-state index in [0.717, 1.165) is 28.1 Å². The van der Waals surface area contributed by atoms with Gasteiger partial charge in [0.25, 0.3) is 0 Å². The molecule has 4 nitrogen and oxygen atoms in total. The number of nitrogens with one attached hydrogen (secondary N) is 2. The lowest BCUT2D eigenvalue weighted by atomic mass is 10.1. The van der Waals surface area contributed by atoms with E-state index >= 15 is 0 Å². The van der Waals surface area contributed by atoms with Gasteiger partial charge in [-0.2, -0.15) is 0 Å². The number of fused-ring (bicyclic) bond motifs is 1. The molecule has 108 valence electrons. The van der Waals surface area contributed by atoms with Crippen LogP contribution in [0.15, 0.2) is 30.3 Å². The summed E-state index contributed by atoms with van der Waals surface area (Å²) in [7, 11) is 0. The lowest BCUT2D eigenvalue weighted by molar-refractivity contribution is -0.115. The number of phenols is 1. The van der Waals surface area contributed by atoms with Crippen molar-refractivity contribution >= 4 is 28.9 Å². The Hall–Kier alpha value is -2.20. The first-order valence-electron chi connectivity index (χ1n) is 6.68. The minimum absolute atomic E-state index is 0.0189. The normalized spacial score (nSPS) is 13.0. The molecule has 5 heteroatoms. The van der Waals surface area contributed by atoms with Crippen LogP contribution in [-0.4, -0.2) is 11.0 Å². The Bertz CT molecular complexity index is 728. The van der Waals surface area contributed by atoms with E-state index in [0.29, 0.717) is 23.7 Å². The van der Waals surface area contributed by atoms with Crippen LogP contribution < -0.4 is 10.6 Å². The van der Waals surface area contributed by atoms with Gasteiger partial charge >= 0.3 is 0 Å². The monoisotopic (exact) mass is 302 g/mol. The predicted octanol–water partition coefficient (Wildman–Crippen LogP) is 3.46. The number of para-hydroxylation sites is 1. The highest BCUT2D eigenvalue weighted by atomic mass is 35.5. The average Bonchev–Trinajstić information content (AvgIpc) is 2.79. The number of aromatic hydroxyl groups is 1. The smallest absolute Gasteiger partial charge is 0.228 e. The minimum Gasteiger partial charge on any atom is -0.507 e. The Labute approximate surface area is 127 Å². The zero-order valence-electron chi connectivity index (χ0n) is 11.5. The molecule has 3 rings (SSSR count). The highest BCUT2D eigenvalue weighted by molar-refractivity contribution is 6.33. The van der Waals surface area contributed by atoms with Gasteiger partial charge in [-0.25, -0.2) is 0 Å². The first-order valence-corrected chi connectivity index (χ1v) is 7.06. The molecule has 0 spiro atoms. The standard InChI is InChI=1S/C16H15ClN2O2/c1-9-3-2-4-10(16(9)21)8-18-14-5-11-6-15(20)19-13(11)7-12(14)17/h2-5,7,18,21H,6,8H2,1H3,(H,19,20). The van der Waals surface area contributed by atoms with E-state index in [9.17, 15) is 9.90 Å². The molecule has 0 saturated heterocycles. The minimum atomic E-state index is -0.0189. The number of amides is 1. The summed E-state index contributed by atoms with van der Waals surface area (Å²) in [6.45, 7) is 2.33. The molecule has 3 N–H and O–H groups in total. The quantitative estimate of drug-likeness (QED) is 0.813. The van der Waals surface area contributed by atoms with Crippen molar-refractivity contribution in [2.45, 2.75) is 19.9 Å². The van der Waals surface area contributed by atoms with Gasteiger partial charge in [0.1, 0.15) is 5.75 Å². The molecule has 2 aromatic carbocycles. The van der Waals surface area contributed by atoms with Crippen molar-refractivity contribution in [3.63, 3.8) is 0 Å². The molecule has 1 aliphatic heterocycles. The maximum Gasteiger partial charge on any atom is 0.228 e. The SMILES string of the molecule is Cc1cccc(CNc2cc3c(cc2Cl)NC(=O)C3)c1O. The number of anilines is 2. The Morgan fingerprint density at radius 2 is 2.19 bits per heavy atom. The van der Waals surface area contributed by atoms with E-state index in [1.807, 2.05) is 31.2 Å². The number of benzene rings is 2. The maximum atomic E-state index is 11.4. The van der Waals surface area contributed by atoms with E-state index in [4.69, 9.17) is 11.6 Å². The van der Waals surface area contributed by atoms with Crippen molar-refractivity contribution in [3.05, 3.63) is 52.0 Å². The molecular formula is C16H15ClN2O2. The lowest BCUT2D eigenvalue weighted by Crippen LogP contribution is -2.03. The van der Waals surface area contributed by atoms with Gasteiger partial charge in [-0.3, -0.25) is 4.79 Å². The second-order valence-corrected chi connectivity index (χ2v) is 5.56. The zero-order chi connectivity index (χ0) is 15.0. The number of rotatable bonds is 3. The number of hydrogen-bond donors (Lipinski definition) is 3. The molecule has 0 bridgehead atoms. The third-order valence-electron chi connectivity index (χ3n) is 3.61. The Balaban J connectivity index is 1.81. The van der Waals surface area contributed by atoms with Crippen molar-refractivity contribution in [3.8, 4) is 5.75 Å². The second kappa shape index (κ2) is 5.30. The molecule has 0 atom stereocenters. The van der Waals surface area contributed by atoms with Crippen LogP contribution in [0.3, 0.4) is 0 Å². The Morgan fingerprint density at radius 3 is 3.00 bits per heavy atom. The van der Waals surface area contributed by atoms with Crippen LogP contribution in [0.4, 0.5) is 11.4 Å². The van der Waals surface area contributed by atoms with Gasteiger partial charge in [0.05, 0.1) is 17.1 Å². The molecule has 1 amide bonds. The van der Waals surface area contributed by atoms with Crippen LogP contribution in [0.1, 0.15) is 16.7 Å². The molecule has 0 saturated carbocycles. The topological polar surface area (TPSA) is 61.4 Å². The molecular weight excluding hydrogens is 288 g/mol. The third kappa shape index (κ3) is 2.67. The van der Waals surface area contributed by atoms with Crippen molar-refractivity contribution in [2.75, 3.05) is 10.6 Å². The van der Waals surface area contributed by atoms with E-state index in [-0.39, 0.29) is 5.91 Å². The van der Waals surface area contributed by atoms with Gasteiger partial charge in [0, 0.05) is 17.8 Å². The number of hydrogen-bond acceptors (Lipinski definition) is 3. The van der Waals surface area contributed by atoms with Crippen molar-refractivity contribution < 1.29 is 9.90 Å². The molecule has 1 heterocycles. The van der Waals surface area contributed by atoms with E-state index in [2.05, 4.69) is 10.6 Å². The van der Waals surface area contributed by atoms with Gasteiger partial charge < -0.3 is 15.7 Å². The summed E-state index contributed by atoms with van der Waals surface area (Å²) in [6, 6.07) is 9.25. The zero-order valence-corrected chi connectivity index (χ0v) is 12.3. The largest absolute Gasteiger partial charge is 0.507 e.